The lowest BCUT2D eigenvalue weighted by atomic mass is 9.91. The second-order valence-corrected chi connectivity index (χ2v) is 23.8. The molecule has 5 atom stereocenters. The lowest BCUT2D eigenvalue weighted by Gasteiger charge is -2.47. The van der Waals surface area contributed by atoms with Crippen LogP contribution in [0.3, 0.4) is 0 Å². The lowest BCUT2D eigenvalue weighted by molar-refractivity contribution is 0.0706. The predicted octanol–water partition coefficient (Wildman–Crippen LogP) is 9.21. The van der Waals surface area contributed by atoms with Crippen LogP contribution in [0.2, 0.25) is 16.6 Å². The van der Waals surface area contributed by atoms with Gasteiger partial charge in [0.25, 0.3) is 0 Å². The fraction of sp³-hybridized carbons (Fsp3) is 0.522. The molecule has 2 bridgehead atoms. The Balaban J connectivity index is 1.24. The monoisotopic (exact) mass is 802 g/mol. The number of benzene rings is 2. The number of carboxylic acid groups (broad SMARTS) is 1. The second-order valence-electron chi connectivity index (χ2n) is 18.2. The van der Waals surface area contributed by atoms with Gasteiger partial charge in [0.2, 0.25) is 5.88 Å². The number of pyridine rings is 1. The SMILES string of the molecule is C=C1CCN2CCC[C@@]12COc1nc2c3c(nc(-c4cccc5cccc(C#C[Si](C(C)C)(C(C)C)C(C)C)c45)c(F)c3n1)OC(C)C1C3CCC(CN21)N3C(=O)O. The first kappa shape index (κ1) is 38.8. The summed E-state index contributed by atoms with van der Waals surface area (Å²) in [6, 6.07) is 11.1. The molecule has 10 nitrogen and oxygen atoms in total. The molecule has 1 amide bonds. The van der Waals surface area contributed by atoms with Crippen LogP contribution in [0.15, 0.2) is 48.6 Å². The van der Waals surface area contributed by atoms with Crippen molar-refractivity contribution in [3.8, 4) is 34.6 Å². The molecule has 12 heteroatoms. The van der Waals surface area contributed by atoms with Crippen molar-refractivity contribution in [3.63, 3.8) is 0 Å². The largest absolute Gasteiger partial charge is 0.472 e. The number of hydrogen-bond acceptors (Lipinski definition) is 8. The average molecular weight is 803 g/mol. The first-order valence-corrected chi connectivity index (χ1v) is 23.5. The molecule has 4 fully saturated rings. The number of halogens is 1. The predicted molar refractivity (Wildman–Crippen MR) is 229 cm³/mol. The molecule has 304 valence electrons. The van der Waals surface area contributed by atoms with Crippen LogP contribution in [0.4, 0.5) is 15.0 Å². The molecule has 0 spiro atoms. The quantitative estimate of drug-likeness (QED) is 0.111. The highest BCUT2D eigenvalue weighted by molar-refractivity contribution is 6.90. The van der Waals surface area contributed by atoms with E-state index in [1.54, 1.807) is 4.90 Å². The molecule has 9 rings (SSSR count). The zero-order chi connectivity index (χ0) is 40.8. The van der Waals surface area contributed by atoms with Crippen molar-refractivity contribution < 1.29 is 23.8 Å². The Bertz CT molecular complexity index is 2380. The fourth-order valence-corrected chi connectivity index (χ4v) is 17.0. The van der Waals surface area contributed by atoms with Crippen LogP contribution in [0, 0.1) is 17.3 Å². The van der Waals surface area contributed by atoms with Crippen LogP contribution in [-0.4, -0.2) is 100 Å². The Labute approximate surface area is 341 Å². The summed E-state index contributed by atoms with van der Waals surface area (Å²) in [6.45, 7) is 22.8. The first-order valence-electron chi connectivity index (χ1n) is 21.2. The molecule has 4 saturated heterocycles. The zero-order valence-corrected chi connectivity index (χ0v) is 35.8. The maximum atomic E-state index is 17.8. The van der Waals surface area contributed by atoms with Crippen LogP contribution < -0.4 is 14.4 Å². The molecular formula is C46H55FN6O4Si. The van der Waals surface area contributed by atoms with E-state index in [1.807, 2.05) is 43.3 Å². The highest BCUT2D eigenvalue weighted by Crippen LogP contribution is 2.48. The van der Waals surface area contributed by atoms with Crippen molar-refractivity contribution >= 4 is 41.7 Å². The summed E-state index contributed by atoms with van der Waals surface area (Å²) in [6.07, 6.45) is 2.90. The van der Waals surface area contributed by atoms with E-state index < -0.39 is 26.1 Å². The van der Waals surface area contributed by atoms with Gasteiger partial charge in [0, 0.05) is 29.6 Å². The Morgan fingerprint density at radius 2 is 1.79 bits per heavy atom. The minimum atomic E-state index is -2.09. The van der Waals surface area contributed by atoms with Crippen LogP contribution >= 0.6 is 0 Å². The van der Waals surface area contributed by atoms with Crippen molar-refractivity contribution in [1.29, 1.82) is 0 Å². The summed E-state index contributed by atoms with van der Waals surface area (Å²) in [5.41, 5.74) is 7.72. The number of aromatic nitrogens is 3. The van der Waals surface area contributed by atoms with Crippen molar-refractivity contribution in [2.45, 2.75) is 127 Å². The molecule has 0 radical (unpaired) electrons. The number of amides is 1. The maximum absolute atomic E-state index is 17.8. The minimum absolute atomic E-state index is 0.0679. The summed E-state index contributed by atoms with van der Waals surface area (Å²) < 4.78 is 31.1. The van der Waals surface area contributed by atoms with Gasteiger partial charge in [-0.25, -0.2) is 14.2 Å². The summed E-state index contributed by atoms with van der Waals surface area (Å²) in [4.78, 5) is 33.7. The van der Waals surface area contributed by atoms with E-state index in [4.69, 9.17) is 24.4 Å². The number of anilines is 1. The van der Waals surface area contributed by atoms with Crippen LogP contribution in [0.25, 0.3) is 32.9 Å². The molecule has 0 aliphatic carbocycles. The van der Waals surface area contributed by atoms with Crippen LogP contribution in [0.1, 0.15) is 86.1 Å². The van der Waals surface area contributed by atoms with Crippen LogP contribution in [-0.2, 0) is 0 Å². The molecule has 58 heavy (non-hydrogen) atoms. The molecule has 1 N–H and O–H groups in total. The van der Waals surface area contributed by atoms with Gasteiger partial charge in [-0.05, 0) is 73.6 Å². The third-order valence-corrected chi connectivity index (χ3v) is 20.8. The molecule has 5 aliphatic rings. The molecule has 2 aromatic carbocycles. The summed E-state index contributed by atoms with van der Waals surface area (Å²) in [5.74, 6) is 3.76. The highest BCUT2D eigenvalue weighted by atomic mass is 28.3. The van der Waals surface area contributed by atoms with Gasteiger partial charge in [0.15, 0.2) is 5.82 Å². The van der Waals surface area contributed by atoms with Crippen molar-refractivity contribution in [2.24, 2.45) is 0 Å². The van der Waals surface area contributed by atoms with Gasteiger partial charge >= 0.3 is 12.1 Å². The van der Waals surface area contributed by atoms with E-state index in [0.717, 1.165) is 60.7 Å². The summed E-state index contributed by atoms with van der Waals surface area (Å²) in [5, 5.41) is 12.5. The van der Waals surface area contributed by atoms with Crippen molar-refractivity contribution in [1.82, 2.24) is 24.8 Å². The molecule has 0 saturated carbocycles. The topological polar surface area (TPSA) is 104 Å². The molecule has 4 aromatic rings. The van der Waals surface area contributed by atoms with Gasteiger partial charge in [0.05, 0.1) is 23.7 Å². The van der Waals surface area contributed by atoms with Gasteiger partial charge in [-0.1, -0.05) is 89.9 Å². The number of hydrogen-bond donors (Lipinski definition) is 1. The summed E-state index contributed by atoms with van der Waals surface area (Å²) in [7, 11) is -2.09. The standard InChI is InChI=1S/C46H55FN6O4Si/c1-26(2)58(27(3)4,28(5)6)23-19-32-13-9-12-31-14-10-15-34(36(31)32)39-38(47)40-37-42(50-44(49-40)56-25-46-20-11-21-51(46)22-18-29(46)7)52-24-33-16-17-35(53(33)45(54)55)41(52)30(8)57-43(37)48-39/h9-10,12-15,26-28,30,33,35,41H,7,11,16-18,20-22,24-25H2,1-6,8H3,(H,54,55)/t30?,33?,35?,41?,46-/m1/s1. The second kappa shape index (κ2) is 14.2. The van der Waals surface area contributed by atoms with E-state index in [9.17, 15) is 9.90 Å². The van der Waals surface area contributed by atoms with E-state index >= 15 is 4.39 Å². The highest BCUT2D eigenvalue weighted by Gasteiger charge is 2.53. The zero-order valence-electron chi connectivity index (χ0n) is 34.8. The number of nitrogens with zero attached hydrogens (tertiary/aromatic N) is 6. The Kier molecular flexibility index (Phi) is 9.51. The van der Waals surface area contributed by atoms with Crippen molar-refractivity contribution in [3.05, 3.63) is 59.9 Å². The van der Waals surface area contributed by atoms with E-state index in [1.165, 1.54) is 0 Å². The maximum Gasteiger partial charge on any atom is 0.407 e. The third kappa shape index (κ3) is 5.74. The third-order valence-electron chi connectivity index (χ3n) is 14.5. The van der Waals surface area contributed by atoms with E-state index in [2.05, 4.69) is 69.4 Å². The Morgan fingerprint density at radius 3 is 2.52 bits per heavy atom. The van der Waals surface area contributed by atoms with E-state index in [0.29, 0.717) is 53.0 Å². The lowest BCUT2D eigenvalue weighted by Crippen LogP contribution is -2.64. The van der Waals surface area contributed by atoms with Gasteiger partial charge in [0.1, 0.15) is 43.2 Å². The van der Waals surface area contributed by atoms with Gasteiger partial charge < -0.3 is 19.5 Å². The molecule has 5 aliphatic heterocycles. The fourth-order valence-electron chi connectivity index (χ4n) is 11.8. The van der Waals surface area contributed by atoms with Crippen LogP contribution in [0.5, 0.6) is 11.9 Å². The minimum Gasteiger partial charge on any atom is -0.472 e. The summed E-state index contributed by atoms with van der Waals surface area (Å²) >= 11 is 0. The molecule has 2 aromatic heterocycles. The number of rotatable bonds is 7. The average Bonchev–Trinajstić information content (AvgIpc) is 3.82. The molecule has 4 unspecified atom stereocenters. The normalized spacial score (nSPS) is 25.3. The number of carbonyl (C=O) groups is 1. The Morgan fingerprint density at radius 1 is 1.05 bits per heavy atom. The number of piperazine rings is 1. The van der Waals surface area contributed by atoms with Gasteiger partial charge in [-0.3, -0.25) is 9.80 Å². The number of fused-ring (bicyclic) bond motifs is 7. The molecular weight excluding hydrogens is 748 g/mol. The first-order chi connectivity index (χ1) is 27.8. The molecule has 7 heterocycles. The van der Waals surface area contributed by atoms with Gasteiger partial charge in [-0.2, -0.15) is 9.97 Å². The number of ether oxygens (including phenoxy) is 2. The van der Waals surface area contributed by atoms with Crippen molar-refractivity contribution in [2.75, 3.05) is 31.1 Å². The van der Waals surface area contributed by atoms with E-state index in [-0.39, 0.29) is 46.8 Å². The van der Waals surface area contributed by atoms with Gasteiger partial charge in [-0.15, -0.1) is 5.54 Å². The Hall–Kier alpha value is -4.73. The smallest absolute Gasteiger partial charge is 0.407 e.